The lowest BCUT2D eigenvalue weighted by atomic mass is 9.83. The molecular formula is C9H16Cl2O2. The first-order valence-electron chi connectivity index (χ1n) is 4.74. The molecule has 13 heavy (non-hydrogen) atoms. The minimum absolute atomic E-state index is 0.310. The maximum Gasteiger partial charge on any atom is 0.120 e. The van der Waals surface area contributed by atoms with Gasteiger partial charge in [-0.1, -0.05) is 11.6 Å². The summed E-state index contributed by atoms with van der Waals surface area (Å²) in [6.07, 6.45) is 4.82. The number of rotatable bonds is 5. The molecule has 0 aromatic rings. The van der Waals surface area contributed by atoms with Crippen LogP contribution in [0.15, 0.2) is 0 Å². The Morgan fingerprint density at radius 2 is 1.54 bits per heavy atom. The zero-order chi connectivity index (χ0) is 9.52. The summed E-state index contributed by atoms with van der Waals surface area (Å²) in [5.74, 6) is 1.33. The van der Waals surface area contributed by atoms with Gasteiger partial charge >= 0.3 is 0 Å². The molecule has 0 radical (unpaired) electrons. The lowest BCUT2D eigenvalue weighted by Crippen LogP contribution is -2.20. The van der Waals surface area contributed by atoms with Crippen LogP contribution in [0, 0.1) is 11.8 Å². The third-order valence-electron chi connectivity index (χ3n) is 2.70. The predicted octanol–water partition coefficient (Wildman–Crippen LogP) is 3.18. The van der Waals surface area contributed by atoms with Crippen LogP contribution in [0.4, 0.5) is 0 Å². The number of ether oxygens (including phenoxy) is 1. The topological polar surface area (TPSA) is 18.5 Å². The second kappa shape index (κ2) is 6.88. The molecule has 0 aromatic heterocycles. The van der Waals surface area contributed by atoms with Crippen LogP contribution in [0.5, 0.6) is 0 Å². The Kier molecular flexibility index (Phi) is 6.13. The second-order valence-electron chi connectivity index (χ2n) is 3.64. The highest BCUT2D eigenvalue weighted by Gasteiger charge is 2.21. The van der Waals surface area contributed by atoms with Gasteiger partial charge in [0.05, 0.1) is 25.1 Å². The molecule has 2 nitrogen and oxygen atoms in total. The molecule has 1 aliphatic rings. The SMILES string of the molecule is ClCOCC1CCC(COCl)CC1. The van der Waals surface area contributed by atoms with E-state index in [0.29, 0.717) is 24.5 Å². The average Bonchev–Trinajstić information content (AvgIpc) is 2.17. The molecule has 4 heteroatoms. The van der Waals surface area contributed by atoms with Crippen LogP contribution in [0.2, 0.25) is 0 Å². The largest absolute Gasteiger partial charge is 0.365 e. The summed E-state index contributed by atoms with van der Waals surface area (Å²) in [5, 5.41) is 0. The molecule has 0 spiro atoms. The van der Waals surface area contributed by atoms with Crippen molar-refractivity contribution in [1.29, 1.82) is 0 Å². The lowest BCUT2D eigenvalue weighted by Gasteiger charge is -2.27. The fraction of sp³-hybridized carbons (Fsp3) is 1.00. The van der Waals surface area contributed by atoms with E-state index in [1.807, 2.05) is 0 Å². The third-order valence-corrected chi connectivity index (χ3v) is 2.98. The molecular weight excluding hydrogens is 211 g/mol. The van der Waals surface area contributed by atoms with Crippen molar-refractivity contribution < 1.29 is 9.03 Å². The number of hydrogen-bond donors (Lipinski definition) is 0. The van der Waals surface area contributed by atoms with E-state index in [1.165, 1.54) is 25.7 Å². The highest BCUT2D eigenvalue weighted by Crippen LogP contribution is 2.29. The van der Waals surface area contributed by atoms with Gasteiger partial charge in [-0.15, -0.1) is 0 Å². The van der Waals surface area contributed by atoms with Gasteiger partial charge in [-0.05, 0) is 37.5 Å². The van der Waals surface area contributed by atoms with Crippen LogP contribution in [-0.4, -0.2) is 19.3 Å². The molecule has 0 amide bonds. The fourth-order valence-electron chi connectivity index (χ4n) is 1.87. The van der Waals surface area contributed by atoms with Gasteiger partial charge < -0.3 is 4.74 Å². The van der Waals surface area contributed by atoms with E-state index in [4.69, 9.17) is 28.2 Å². The Hall–Kier alpha value is 0.500. The summed E-state index contributed by atoms with van der Waals surface area (Å²) in [6.45, 7) is 1.49. The zero-order valence-electron chi connectivity index (χ0n) is 7.68. The quantitative estimate of drug-likeness (QED) is 0.671. The Bertz CT molecular complexity index is 125. The van der Waals surface area contributed by atoms with Crippen molar-refractivity contribution >= 4 is 23.5 Å². The van der Waals surface area contributed by atoms with Gasteiger partial charge in [0.1, 0.15) is 6.07 Å². The van der Waals surface area contributed by atoms with Crippen molar-refractivity contribution in [3.8, 4) is 0 Å². The van der Waals surface area contributed by atoms with Crippen molar-refractivity contribution in [3.63, 3.8) is 0 Å². The average molecular weight is 227 g/mol. The van der Waals surface area contributed by atoms with E-state index in [1.54, 1.807) is 0 Å². The molecule has 0 saturated heterocycles. The maximum atomic E-state index is 5.44. The molecule has 1 rings (SSSR count). The first kappa shape index (κ1) is 11.6. The van der Waals surface area contributed by atoms with Gasteiger partial charge in [-0.2, -0.15) is 0 Å². The van der Waals surface area contributed by atoms with Crippen molar-refractivity contribution in [2.45, 2.75) is 25.7 Å². The molecule has 1 fully saturated rings. The van der Waals surface area contributed by atoms with E-state index in [2.05, 4.69) is 4.29 Å². The molecule has 0 atom stereocenters. The smallest absolute Gasteiger partial charge is 0.120 e. The van der Waals surface area contributed by atoms with E-state index >= 15 is 0 Å². The minimum Gasteiger partial charge on any atom is -0.365 e. The standard InChI is InChI=1S/C9H16Cl2O2/c10-7-12-5-8-1-3-9(4-2-8)6-13-11/h8-9H,1-7H2. The highest BCUT2D eigenvalue weighted by molar-refractivity contribution is 6.17. The minimum atomic E-state index is 0.310. The molecule has 0 N–H and O–H groups in total. The van der Waals surface area contributed by atoms with Crippen molar-refractivity contribution in [3.05, 3.63) is 0 Å². The molecule has 0 unspecified atom stereocenters. The summed E-state index contributed by atoms with van der Waals surface area (Å²) in [5.41, 5.74) is 0. The molecule has 1 saturated carbocycles. The Labute approximate surface area is 89.7 Å². The van der Waals surface area contributed by atoms with E-state index in [-0.39, 0.29) is 0 Å². The summed E-state index contributed by atoms with van der Waals surface area (Å²) in [7, 11) is 0. The lowest BCUT2D eigenvalue weighted by molar-refractivity contribution is 0.0977. The van der Waals surface area contributed by atoms with Gasteiger partial charge in [0, 0.05) is 0 Å². The Morgan fingerprint density at radius 1 is 1.00 bits per heavy atom. The summed E-state index contributed by atoms with van der Waals surface area (Å²) in [4.78, 5) is 0. The van der Waals surface area contributed by atoms with Crippen LogP contribution in [0.1, 0.15) is 25.7 Å². The van der Waals surface area contributed by atoms with Crippen LogP contribution < -0.4 is 0 Å². The van der Waals surface area contributed by atoms with Gasteiger partial charge in [-0.3, -0.25) is 4.29 Å². The summed E-state index contributed by atoms with van der Waals surface area (Å²) in [6, 6.07) is 0.310. The van der Waals surface area contributed by atoms with E-state index in [9.17, 15) is 0 Å². The number of alkyl halides is 1. The molecule has 0 bridgehead atoms. The fourth-order valence-corrected chi connectivity index (χ4v) is 2.13. The zero-order valence-corrected chi connectivity index (χ0v) is 9.19. The maximum absolute atomic E-state index is 5.44. The molecule has 0 aromatic carbocycles. The van der Waals surface area contributed by atoms with Crippen LogP contribution in [0.25, 0.3) is 0 Å². The van der Waals surface area contributed by atoms with Crippen molar-refractivity contribution in [2.75, 3.05) is 19.3 Å². The summed E-state index contributed by atoms with van der Waals surface area (Å²) >= 11 is 10.7. The van der Waals surface area contributed by atoms with Gasteiger partial charge in [0.15, 0.2) is 0 Å². The molecule has 1 aliphatic carbocycles. The molecule has 78 valence electrons. The van der Waals surface area contributed by atoms with E-state index < -0.39 is 0 Å². The first-order valence-corrected chi connectivity index (χ1v) is 5.58. The van der Waals surface area contributed by atoms with Crippen LogP contribution in [-0.2, 0) is 9.03 Å². The Balaban J connectivity index is 2.08. The second-order valence-corrected chi connectivity index (χ2v) is 4.08. The van der Waals surface area contributed by atoms with Crippen molar-refractivity contribution in [2.24, 2.45) is 11.8 Å². The summed E-state index contributed by atoms with van der Waals surface area (Å²) < 4.78 is 9.79. The monoisotopic (exact) mass is 226 g/mol. The predicted molar refractivity (Wildman–Crippen MR) is 53.9 cm³/mol. The Morgan fingerprint density at radius 3 is 2.00 bits per heavy atom. The third kappa shape index (κ3) is 4.50. The number of hydrogen-bond acceptors (Lipinski definition) is 2. The first-order chi connectivity index (χ1) is 6.36. The highest BCUT2D eigenvalue weighted by atomic mass is 35.5. The normalized spacial score (nSPS) is 29.1. The van der Waals surface area contributed by atoms with Crippen LogP contribution >= 0.6 is 23.5 Å². The van der Waals surface area contributed by atoms with Gasteiger partial charge in [0.2, 0.25) is 0 Å². The molecule has 0 heterocycles. The van der Waals surface area contributed by atoms with E-state index in [0.717, 1.165) is 6.61 Å². The van der Waals surface area contributed by atoms with Crippen molar-refractivity contribution in [1.82, 2.24) is 0 Å². The van der Waals surface area contributed by atoms with Crippen LogP contribution in [0.3, 0.4) is 0 Å². The number of halogens is 2. The van der Waals surface area contributed by atoms with Gasteiger partial charge in [-0.25, -0.2) is 0 Å². The molecule has 0 aliphatic heterocycles. The van der Waals surface area contributed by atoms with Gasteiger partial charge in [0.25, 0.3) is 0 Å².